The molecule has 1 saturated heterocycles. The van der Waals surface area contributed by atoms with E-state index in [9.17, 15) is 0 Å². The lowest BCUT2D eigenvalue weighted by molar-refractivity contribution is -0.159. The van der Waals surface area contributed by atoms with E-state index in [1.165, 1.54) is 0 Å². The predicted molar refractivity (Wildman–Crippen MR) is 75.6 cm³/mol. The van der Waals surface area contributed by atoms with Gasteiger partial charge in [0, 0.05) is 23.1 Å². The molecule has 1 fully saturated rings. The molecule has 1 heterocycles. The van der Waals surface area contributed by atoms with Crippen LogP contribution in [0, 0.1) is 0 Å². The van der Waals surface area contributed by atoms with Crippen LogP contribution in [0.25, 0.3) is 0 Å². The molecular weight excluding hydrogens is 246 g/mol. The monoisotopic (exact) mass is 267 g/mol. The van der Waals surface area contributed by atoms with Crippen LogP contribution < -0.4 is 5.73 Å². The maximum absolute atomic E-state index is 6.05. The molecule has 18 heavy (non-hydrogen) atoms. The highest BCUT2D eigenvalue weighted by Crippen LogP contribution is 2.34. The van der Waals surface area contributed by atoms with Gasteiger partial charge < -0.3 is 15.2 Å². The molecule has 0 amide bonds. The Labute approximate surface area is 113 Å². The van der Waals surface area contributed by atoms with E-state index in [0.717, 1.165) is 11.3 Å². The van der Waals surface area contributed by atoms with Crippen LogP contribution in [0.2, 0.25) is 0 Å². The van der Waals surface area contributed by atoms with Crippen LogP contribution in [0.15, 0.2) is 30.3 Å². The molecule has 0 aromatic heterocycles. The van der Waals surface area contributed by atoms with Crippen LogP contribution in [0.1, 0.15) is 19.4 Å². The minimum atomic E-state index is -0.599. The minimum Gasteiger partial charge on any atom is -0.343 e. The fourth-order valence-corrected chi connectivity index (χ4v) is 2.80. The Morgan fingerprint density at radius 2 is 2.17 bits per heavy atom. The number of nitrogens with two attached hydrogens (primary N) is 1. The quantitative estimate of drug-likeness (QED) is 0.889. The maximum atomic E-state index is 6.05. The molecule has 4 heteroatoms. The second-order valence-electron chi connectivity index (χ2n) is 4.74. The van der Waals surface area contributed by atoms with Gasteiger partial charge in [0.15, 0.2) is 5.79 Å². The molecule has 100 valence electrons. The van der Waals surface area contributed by atoms with Crippen molar-refractivity contribution < 1.29 is 9.47 Å². The summed E-state index contributed by atoms with van der Waals surface area (Å²) in [6.45, 7) is 5.47. The van der Waals surface area contributed by atoms with Crippen molar-refractivity contribution in [3.8, 4) is 0 Å². The second-order valence-corrected chi connectivity index (χ2v) is 6.21. The Morgan fingerprint density at radius 1 is 1.44 bits per heavy atom. The molecule has 3 nitrogen and oxygen atoms in total. The van der Waals surface area contributed by atoms with Gasteiger partial charge in [-0.15, -0.1) is 0 Å². The summed E-state index contributed by atoms with van der Waals surface area (Å²) in [5, 5.41) is 0.470. The summed E-state index contributed by atoms with van der Waals surface area (Å²) in [7, 11) is 0. The van der Waals surface area contributed by atoms with E-state index < -0.39 is 5.79 Å². The Balaban J connectivity index is 1.91. The standard InChI is InChI=1S/C14H21NO2S/c1-11(8-15)18-10-13-9-16-14(2,17-13)12-6-4-3-5-7-12/h3-7,11,13H,8-10,15H2,1-2H3. The summed E-state index contributed by atoms with van der Waals surface area (Å²) in [5.41, 5.74) is 6.68. The third kappa shape index (κ3) is 3.26. The number of benzene rings is 1. The smallest absolute Gasteiger partial charge is 0.192 e. The lowest BCUT2D eigenvalue weighted by Gasteiger charge is -2.23. The molecule has 2 rings (SSSR count). The summed E-state index contributed by atoms with van der Waals surface area (Å²) in [5.74, 6) is 0.333. The first kappa shape index (κ1) is 13.9. The zero-order chi connectivity index (χ0) is 13.0. The number of thioether (sulfide) groups is 1. The van der Waals surface area contributed by atoms with Crippen molar-refractivity contribution >= 4 is 11.8 Å². The number of ether oxygens (including phenoxy) is 2. The minimum absolute atomic E-state index is 0.147. The van der Waals surface area contributed by atoms with Crippen molar-refractivity contribution in [2.75, 3.05) is 18.9 Å². The van der Waals surface area contributed by atoms with Crippen LogP contribution in [0.3, 0.4) is 0 Å². The summed E-state index contributed by atoms with van der Waals surface area (Å²) < 4.78 is 11.9. The predicted octanol–water partition coefficient (Wildman–Crippen LogP) is 2.36. The van der Waals surface area contributed by atoms with Gasteiger partial charge >= 0.3 is 0 Å². The highest BCUT2D eigenvalue weighted by atomic mass is 32.2. The van der Waals surface area contributed by atoms with Crippen LogP contribution in [0.5, 0.6) is 0 Å². The SMILES string of the molecule is CC(CN)SCC1COC(C)(c2ccccc2)O1. The normalized spacial score (nSPS) is 29.4. The van der Waals surface area contributed by atoms with Gasteiger partial charge in [0.25, 0.3) is 0 Å². The Kier molecular flexibility index (Phi) is 4.67. The molecule has 1 aromatic rings. The summed E-state index contributed by atoms with van der Waals surface area (Å²) >= 11 is 1.84. The summed E-state index contributed by atoms with van der Waals surface area (Å²) in [6, 6.07) is 10.1. The van der Waals surface area contributed by atoms with Gasteiger partial charge in [-0.05, 0) is 6.92 Å². The largest absolute Gasteiger partial charge is 0.343 e. The van der Waals surface area contributed by atoms with Crippen molar-refractivity contribution in [1.82, 2.24) is 0 Å². The van der Waals surface area contributed by atoms with Gasteiger partial charge in [-0.25, -0.2) is 0 Å². The molecule has 3 atom stereocenters. The van der Waals surface area contributed by atoms with E-state index in [2.05, 4.69) is 6.92 Å². The lowest BCUT2D eigenvalue weighted by atomic mass is 10.1. The molecular formula is C14H21NO2S. The molecule has 1 aromatic carbocycles. The first-order valence-corrected chi connectivity index (χ1v) is 7.38. The third-order valence-corrected chi connectivity index (χ3v) is 4.46. The topological polar surface area (TPSA) is 44.5 Å². The highest BCUT2D eigenvalue weighted by molar-refractivity contribution is 7.99. The Hall–Kier alpha value is -0.550. The molecule has 0 saturated carbocycles. The lowest BCUT2D eigenvalue weighted by Crippen LogP contribution is -2.25. The van der Waals surface area contributed by atoms with Crippen LogP contribution >= 0.6 is 11.8 Å². The van der Waals surface area contributed by atoms with Gasteiger partial charge in [0.1, 0.15) is 0 Å². The van der Waals surface area contributed by atoms with Crippen LogP contribution in [-0.2, 0) is 15.3 Å². The first-order chi connectivity index (χ1) is 8.64. The number of rotatable bonds is 5. The summed E-state index contributed by atoms with van der Waals surface area (Å²) in [6.07, 6.45) is 0.147. The highest BCUT2D eigenvalue weighted by Gasteiger charge is 2.38. The molecule has 0 bridgehead atoms. The average molecular weight is 267 g/mol. The van der Waals surface area contributed by atoms with E-state index in [1.54, 1.807) is 0 Å². The van der Waals surface area contributed by atoms with E-state index in [-0.39, 0.29) is 6.10 Å². The molecule has 3 unspecified atom stereocenters. The van der Waals surface area contributed by atoms with Crippen LogP contribution in [-0.4, -0.2) is 30.3 Å². The van der Waals surface area contributed by atoms with E-state index >= 15 is 0 Å². The zero-order valence-corrected chi connectivity index (χ0v) is 11.8. The molecule has 1 aliphatic rings. The Morgan fingerprint density at radius 3 is 2.83 bits per heavy atom. The average Bonchev–Trinajstić information content (AvgIpc) is 2.80. The van der Waals surface area contributed by atoms with Gasteiger partial charge in [0.05, 0.1) is 12.7 Å². The Bertz CT molecular complexity index is 373. The molecule has 0 radical (unpaired) electrons. The van der Waals surface area contributed by atoms with Crippen molar-refractivity contribution in [2.45, 2.75) is 31.0 Å². The fourth-order valence-electron chi connectivity index (χ4n) is 1.95. The van der Waals surface area contributed by atoms with Crippen LogP contribution in [0.4, 0.5) is 0 Å². The second kappa shape index (κ2) is 6.06. The first-order valence-electron chi connectivity index (χ1n) is 6.33. The molecule has 1 aliphatic heterocycles. The van der Waals surface area contributed by atoms with Gasteiger partial charge in [-0.2, -0.15) is 11.8 Å². The van der Waals surface area contributed by atoms with E-state index in [4.69, 9.17) is 15.2 Å². The maximum Gasteiger partial charge on any atom is 0.192 e. The van der Waals surface area contributed by atoms with E-state index in [0.29, 0.717) is 18.4 Å². The third-order valence-electron chi connectivity index (χ3n) is 3.13. The van der Waals surface area contributed by atoms with E-state index in [1.807, 2.05) is 49.0 Å². The molecule has 2 N–H and O–H groups in total. The number of hydrogen-bond donors (Lipinski definition) is 1. The summed E-state index contributed by atoms with van der Waals surface area (Å²) in [4.78, 5) is 0. The molecule has 0 aliphatic carbocycles. The van der Waals surface area contributed by atoms with Crippen molar-refractivity contribution in [3.63, 3.8) is 0 Å². The van der Waals surface area contributed by atoms with Crippen molar-refractivity contribution in [2.24, 2.45) is 5.73 Å². The van der Waals surface area contributed by atoms with Gasteiger partial charge in [-0.1, -0.05) is 37.3 Å². The molecule has 0 spiro atoms. The van der Waals surface area contributed by atoms with Crippen molar-refractivity contribution in [1.29, 1.82) is 0 Å². The van der Waals surface area contributed by atoms with Gasteiger partial charge in [0.2, 0.25) is 0 Å². The number of hydrogen-bond acceptors (Lipinski definition) is 4. The fraction of sp³-hybridized carbons (Fsp3) is 0.571. The van der Waals surface area contributed by atoms with Gasteiger partial charge in [-0.3, -0.25) is 0 Å². The zero-order valence-electron chi connectivity index (χ0n) is 11.0. The van der Waals surface area contributed by atoms with Crippen molar-refractivity contribution in [3.05, 3.63) is 35.9 Å².